The quantitative estimate of drug-likeness (QED) is 0.744. The van der Waals surface area contributed by atoms with E-state index >= 15 is 0 Å². The summed E-state index contributed by atoms with van der Waals surface area (Å²) in [5.74, 6) is 1.55. The monoisotopic (exact) mass is 241 g/mol. The molecule has 0 spiro atoms. The van der Waals surface area contributed by atoms with Crippen LogP contribution in [0.2, 0.25) is 0 Å². The normalized spacial score (nSPS) is 20.4. The zero-order chi connectivity index (χ0) is 11.7. The first-order valence-corrected chi connectivity index (χ1v) is 5.68. The highest BCUT2D eigenvalue weighted by Gasteiger charge is 2.24. The molecule has 3 nitrogen and oxygen atoms in total. The minimum atomic E-state index is 0.213. The van der Waals surface area contributed by atoms with E-state index in [9.17, 15) is 0 Å². The van der Waals surface area contributed by atoms with Crippen molar-refractivity contribution in [3.05, 3.63) is 23.3 Å². The van der Waals surface area contributed by atoms with E-state index in [2.05, 4.69) is 13.0 Å². The summed E-state index contributed by atoms with van der Waals surface area (Å²) < 4.78 is 12.4. The molecular weight excluding hydrogens is 226 g/mol. The lowest BCUT2D eigenvalue weighted by Crippen LogP contribution is -2.26. The Morgan fingerprint density at radius 2 is 1.88 bits per heavy atom. The average Bonchev–Trinajstić information content (AvgIpc) is 2.32. The maximum Gasteiger partial charge on any atom is 0.161 e. The fraction of sp³-hybridized carbons (Fsp3) is 0.500. The maximum atomic E-state index is 6.13. The number of hydrogen-bond acceptors (Lipinski definition) is 3. The van der Waals surface area contributed by atoms with Crippen molar-refractivity contribution < 1.29 is 9.47 Å². The van der Waals surface area contributed by atoms with Crippen molar-refractivity contribution in [1.82, 2.24) is 4.42 Å². The molecule has 1 heterocycles. The number of hydrogen-bond donors (Lipinski definition) is 0. The molecular formula is C12H16ClNO2. The molecule has 1 atom stereocenters. The van der Waals surface area contributed by atoms with Gasteiger partial charge in [-0.3, -0.25) is 0 Å². The van der Waals surface area contributed by atoms with Crippen molar-refractivity contribution >= 4 is 11.8 Å². The first kappa shape index (κ1) is 11.6. The summed E-state index contributed by atoms with van der Waals surface area (Å²) in [6, 6.07) is 4.28. The predicted molar refractivity (Wildman–Crippen MR) is 64.2 cm³/mol. The van der Waals surface area contributed by atoms with Crippen molar-refractivity contribution in [2.45, 2.75) is 19.4 Å². The Kier molecular flexibility index (Phi) is 3.26. The summed E-state index contributed by atoms with van der Waals surface area (Å²) in [4.78, 5) is 0. The van der Waals surface area contributed by atoms with Gasteiger partial charge in [0.25, 0.3) is 0 Å². The van der Waals surface area contributed by atoms with Gasteiger partial charge in [-0.15, -0.1) is 0 Å². The van der Waals surface area contributed by atoms with E-state index in [1.165, 1.54) is 11.1 Å². The zero-order valence-electron chi connectivity index (χ0n) is 9.79. The molecule has 0 bridgehead atoms. The van der Waals surface area contributed by atoms with Gasteiger partial charge in [-0.2, -0.15) is 0 Å². The molecule has 0 N–H and O–H groups in total. The molecule has 1 aliphatic heterocycles. The predicted octanol–water partition coefficient (Wildman–Crippen LogP) is 2.78. The highest BCUT2D eigenvalue weighted by Crippen LogP contribution is 2.38. The van der Waals surface area contributed by atoms with E-state index in [1.807, 2.05) is 10.5 Å². The van der Waals surface area contributed by atoms with E-state index in [0.717, 1.165) is 24.5 Å². The molecule has 1 aliphatic rings. The second-order valence-electron chi connectivity index (χ2n) is 3.96. The Balaban J connectivity index is 2.48. The van der Waals surface area contributed by atoms with Crippen LogP contribution >= 0.6 is 11.8 Å². The number of rotatable bonds is 2. The fourth-order valence-electron chi connectivity index (χ4n) is 2.11. The van der Waals surface area contributed by atoms with Crippen molar-refractivity contribution in [1.29, 1.82) is 0 Å². The van der Waals surface area contributed by atoms with Crippen LogP contribution in [-0.4, -0.2) is 25.2 Å². The van der Waals surface area contributed by atoms with Gasteiger partial charge in [0.2, 0.25) is 0 Å². The highest BCUT2D eigenvalue weighted by atomic mass is 35.5. The number of fused-ring (bicyclic) bond motifs is 1. The Morgan fingerprint density at radius 1 is 1.25 bits per heavy atom. The second kappa shape index (κ2) is 4.52. The molecule has 0 aliphatic carbocycles. The van der Waals surface area contributed by atoms with Crippen LogP contribution in [0.25, 0.3) is 0 Å². The number of halogens is 1. The second-order valence-corrected chi connectivity index (χ2v) is 4.39. The molecule has 0 radical (unpaired) electrons. The Labute approximate surface area is 101 Å². The van der Waals surface area contributed by atoms with Crippen LogP contribution in [0.3, 0.4) is 0 Å². The summed E-state index contributed by atoms with van der Waals surface area (Å²) in [7, 11) is 3.31. The topological polar surface area (TPSA) is 21.7 Å². The number of methoxy groups -OCH3 is 2. The van der Waals surface area contributed by atoms with Crippen LogP contribution < -0.4 is 9.47 Å². The van der Waals surface area contributed by atoms with E-state index in [-0.39, 0.29) is 6.04 Å². The molecule has 0 aromatic heterocycles. The minimum absolute atomic E-state index is 0.213. The first-order chi connectivity index (χ1) is 7.67. The first-order valence-electron chi connectivity index (χ1n) is 5.34. The molecule has 1 unspecified atom stereocenters. The highest BCUT2D eigenvalue weighted by molar-refractivity contribution is 6.13. The molecule has 4 heteroatoms. The molecule has 2 rings (SSSR count). The standard InChI is InChI=1S/C12H16ClNO2/c1-8-10-7-12(16-3)11(15-2)6-9(10)4-5-14(8)13/h6-8H,4-5H2,1-3H3. The average molecular weight is 242 g/mol. The van der Waals surface area contributed by atoms with Gasteiger partial charge in [-0.25, -0.2) is 4.42 Å². The van der Waals surface area contributed by atoms with E-state index in [0.29, 0.717) is 0 Å². The van der Waals surface area contributed by atoms with E-state index < -0.39 is 0 Å². The zero-order valence-corrected chi connectivity index (χ0v) is 10.5. The van der Waals surface area contributed by atoms with Gasteiger partial charge in [0.15, 0.2) is 11.5 Å². The van der Waals surface area contributed by atoms with Gasteiger partial charge >= 0.3 is 0 Å². The Bertz CT molecular complexity index is 395. The lowest BCUT2D eigenvalue weighted by molar-refractivity contribution is 0.333. The van der Waals surface area contributed by atoms with Gasteiger partial charge in [0.05, 0.1) is 14.2 Å². The van der Waals surface area contributed by atoms with E-state index in [4.69, 9.17) is 21.3 Å². The number of nitrogens with zero attached hydrogens (tertiary/aromatic N) is 1. The van der Waals surface area contributed by atoms with Gasteiger partial charge in [-0.1, -0.05) is 0 Å². The van der Waals surface area contributed by atoms with Crippen LogP contribution in [0.1, 0.15) is 24.1 Å². The SMILES string of the molecule is COc1cc2c(cc1OC)C(C)N(Cl)CC2. The van der Waals surface area contributed by atoms with Crippen molar-refractivity contribution in [3.8, 4) is 11.5 Å². The molecule has 0 fully saturated rings. The molecule has 0 saturated carbocycles. The summed E-state index contributed by atoms with van der Waals surface area (Å²) in [6.07, 6.45) is 0.948. The van der Waals surface area contributed by atoms with Crippen LogP contribution in [0.4, 0.5) is 0 Å². The summed E-state index contributed by atoms with van der Waals surface area (Å²) in [6.45, 7) is 2.96. The third kappa shape index (κ3) is 1.85. The van der Waals surface area contributed by atoms with Gasteiger partial charge < -0.3 is 9.47 Å². The van der Waals surface area contributed by atoms with Crippen molar-refractivity contribution in [2.24, 2.45) is 0 Å². The number of ether oxygens (including phenoxy) is 2. The molecule has 0 amide bonds. The number of benzene rings is 1. The van der Waals surface area contributed by atoms with Crippen molar-refractivity contribution in [3.63, 3.8) is 0 Å². The van der Waals surface area contributed by atoms with Crippen molar-refractivity contribution in [2.75, 3.05) is 20.8 Å². The largest absolute Gasteiger partial charge is 0.493 e. The molecule has 88 valence electrons. The van der Waals surface area contributed by atoms with E-state index in [1.54, 1.807) is 14.2 Å². The van der Waals surface area contributed by atoms with Crippen LogP contribution in [0.5, 0.6) is 11.5 Å². The third-order valence-electron chi connectivity index (χ3n) is 3.11. The summed E-state index contributed by atoms with van der Waals surface area (Å²) in [5, 5.41) is 0. The third-order valence-corrected chi connectivity index (χ3v) is 3.57. The van der Waals surface area contributed by atoms with Crippen LogP contribution in [0, 0.1) is 0 Å². The smallest absolute Gasteiger partial charge is 0.161 e. The van der Waals surface area contributed by atoms with Crippen LogP contribution in [0.15, 0.2) is 12.1 Å². The Morgan fingerprint density at radius 3 is 2.50 bits per heavy atom. The molecule has 1 aromatic carbocycles. The Hall–Kier alpha value is -0.930. The maximum absolute atomic E-state index is 6.13. The lowest BCUT2D eigenvalue weighted by atomic mass is 9.94. The molecule has 1 aromatic rings. The lowest BCUT2D eigenvalue weighted by Gasteiger charge is -2.30. The summed E-state index contributed by atoms with van der Waals surface area (Å²) in [5.41, 5.74) is 2.51. The fourth-order valence-corrected chi connectivity index (χ4v) is 2.30. The van der Waals surface area contributed by atoms with Gasteiger partial charge in [0, 0.05) is 12.6 Å². The van der Waals surface area contributed by atoms with Crippen LogP contribution in [-0.2, 0) is 6.42 Å². The molecule has 0 saturated heterocycles. The van der Waals surface area contributed by atoms with Gasteiger partial charge in [0.1, 0.15) is 0 Å². The minimum Gasteiger partial charge on any atom is -0.493 e. The van der Waals surface area contributed by atoms with Gasteiger partial charge in [-0.05, 0) is 48.4 Å². The molecule has 16 heavy (non-hydrogen) atoms. The summed E-state index contributed by atoms with van der Waals surface area (Å²) >= 11 is 6.13.